The minimum atomic E-state index is 0.259. The van der Waals surface area contributed by atoms with Crippen molar-refractivity contribution < 1.29 is 14.2 Å². The van der Waals surface area contributed by atoms with Gasteiger partial charge < -0.3 is 29.4 Å². The summed E-state index contributed by atoms with van der Waals surface area (Å²) in [6.07, 6.45) is 0. The number of aromatic nitrogens is 3. The summed E-state index contributed by atoms with van der Waals surface area (Å²) in [4.78, 5) is 4.74. The Balaban J connectivity index is 1.45. The minimum absolute atomic E-state index is 0.259. The van der Waals surface area contributed by atoms with E-state index in [1.807, 2.05) is 61.0 Å². The summed E-state index contributed by atoms with van der Waals surface area (Å²) in [5.41, 5.74) is 2.15. The zero-order valence-electron chi connectivity index (χ0n) is 17.9. The average Bonchev–Trinajstić information content (AvgIpc) is 3.40. The molecule has 0 amide bonds. The first-order chi connectivity index (χ1) is 15.1. The van der Waals surface area contributed by atoms with Crippen LogP contribution < -0.4 is 24.8 Å². The van der Waals surface area contributed by atoms with Crippen molar-refractivity contribution in [3.8, 4) is 17.2 Å². The molecule has 162 valence electrons. The molecular weight excluding hydrogens is 396 g/mol. The molecule has 1 aliphatic rings. The van der Waals surface area contributed by atoms with Crippen molar-refractivity contribution in [1.29, 1.82) is 0 Å². The van der Waals surface area contributed by atoms with Crippen LogP contribution in [0.25, 0.3) is 0 Å². The van der Waals surface area contributed by atoms with Gasteiger partial charge in [0.1, 0.15) is 11.6 Å². The summed E-state index contributed by atoms with van der Waals surface area (Å²) in [6, 6.07) is 13.8. The van der Waals surface area contributed by atoms with Gasteiger partial charge in [-0.2, -0.15) is 0 Å². The Bertz CT molecular complexity index is 1060. The topological polar surface area (TPSA) is 94.8 Å². The van der Waals surface area contributed by atoms with Crippen molar-refractivity contribution in [2.75, 3.05) is 13.9 Å². The first kappa shape index (κ1) is 20.5. The van der Waals surface area contributed by atoms with E-state index in [-0.39, 0.29) is 6.79 Å². The lowest BCUT2D eigenvalue weighted by Gasteiger charge is -2.13. The third-order valence-electron chi connectivity index (χ3n) is 5.07. The van der Waals surface area contributed by atoms with Crippen LogP contribution in [0.4, 0.5) is 0 Å². The Morgan fingerprint density at radius 2 is 1.77 bits per heavy atom. The molecule has 1 aliphatic heterocycles. The van der Waals surface area contributed by atoms with Gasteiger partial charge in [-0.05, 0) is 42.3 Å². The van der Waals surface area contributed by atoms with E-state index in [0.717, 1.165) is 40.0 Å². The van der Waals surface area contributed by atoms with Gasteiger partial charge in [0.25, 0.3) is 0 Å². The fourth-order valence-corrected chi connectivity index (χ4v) is 3.08. The fraction of sp³-hybridized carbons (Fsp3) is 0.318. The van der Waals surface area contributed by atoms with Crippen LogP contribution >= 0.6 is 0 Å². The maximum atomic E-state index is 5.46. The predicted molar refractivity (Wildman–Crippen MR) is 116 cm³/mol. The second-order valence-corrected chi connectivity index (χ2v) is 7.13. The Kier molecular flexibility index (Phi) is 6.21. The number of aryl methyl sites for hydroxylation is 1. The van der Waals surface area contributed by atoms with E-state index in [2.05, 4.69) is 20.8 Å². The van der Waals surface area contributed by atoms with Crippen LogP contribution in [0, 0.1) is 6.92 Å². The first-order valence-corrected chi connectivity index (χ1v) is 10.0. The molecule has 0 radical (unpaired) electrons. The zero-order chi connectivity index (χ0) is 21.6. The van der Waals surface area contributed by atoms with Crippen LogP contribution in [0.3, 0.4) is 0 Å². The summed E-state index contributed by atoms with van der Waals surface area (Å²) in [5.74, 6) is 4.72. The zero-order valence-corrected chi connectivity index (χ0v) is 17.9. The number of rotatable bonds is 7. The van der Waals surface area contributed by atoms with Gasteiger partial charge in [0.2, 0.25) is 6.79 Å². The second-order valence-electron chi connectivity index (χ2n) is 7.13. The third kappa shape index (κ3) is 5.06. The maximum absolute atomic E-state index is 5.46. The van der Waals surface area contributed by atoms with Crippen molar-refractivity contribution in [1.82, 2.24) is 25.4 Å². The highest BCUT2D eigenvalue weighted by molar-refractivity contribution is 5.79. The molecule has 9 nitrogen and oxygen atoms in total. The number of guanidine groups is 1. The van der Waals surface area contributed by atoms with Gasteiger partial charge in [0.15, 0.2) is 23.3 Å². The number of fused-ring (bicyclic) bond motifs is 1. The molecule has 0 spiro atoms. The van der Waals surface area contributed by atoms with E-state index < -0.39 is 0 Å². The van der Waals surface area contributed by atoms with E-state index in [1.165, 1.54) is 0 Å². The molecule has 0 aliphatic carbocycles. The molecule has 0 saturated carbocycles. The standard InChI is InChI=1S/C22H26N6O3/c1-15-26-27-21(28(15)2)13-25-22(23-11-16-4-7-18(29-3)8-5-16)24-12-17-6-9-19-20(10-17)31-14-30-19/h4-10H,11-14H2,1-3H3,(H2,23,24,25). The number of nitrogens with one attached hydrogen (secondary N) is 2. The van der Waals surface area contributed by atoms with Crippen molar-refractivity contribution in [2.45, 2.75) is 26.6 Å². The molecule has 0 unspecified atom stereocenters. The number of hydrogen-bond acceptors (Lipinski definition) is 6. The highest BCUT2D eigenvalue weighted by Gasteiger charge is 2.13. The highest BCUT2D eigenvalue weighted by atomic mass is 16.7. The van der Waals surface area contributed by atoms with Gasteiger partial charge in [-0.1, -0.05) is 18.2 Å². The average molecular weight is 422 g/mol. The molecule has 3 aromatic rings. The van der Waals surface area contributed by atoms with Crippen LogP contribution in [0.5, 0.6) is 17.2 Å². The van der Waals surface area contributed by atoms with Gasteiger partial charge in [0.05, 0.1) is 20.2 Å². The van der Waals surface area contributed by atoms with Crippen molar-refractivity contribution in [3.63, 3.8) is 0 Å². The van der Waals surface area contributed by atoms with Crippen LogP contribution in [-0.4, -0.2) is 34.6 Å². The summed E-state index contributed by atoms with van der Waals surface area (Å²) >= 11 is 0. The van der Waals surface area contributed by atoms with Gasteiger partial charge in [0, 0.05) is 13.6 Å². The van der Waals surface area contributed by atoms with Gasteiger partial charge >= 0.3 is 0 Å². The van der Waals surface area contributed by atoms with Gasteiger partial charge in [-0.3, -0.25) is 0 Å². The summed E-state index contributed by atoms with van der Waals surface area (Å²) in [7, 11) is 3.60. The Hall–Kier alpha value is -3.75. The van der Waals surface area contributed by atoms with Crippen molar-refractivity contribution in [3.05, 3.63) is 65.2 Å². The SMILES string of the molecule is COc1ccc(CNC(=NCc2ccc3c(c2)OCO3)NCc2nnc(C)n2C)cc1. The number of nitrogens with zero attached hydrogens (tertiary/aromatic N) is 4. The number of aliphatic imine (C=N–C) groups is 1. The highest BCUT2D eigenvalue weighted by Crippen LogP contribution is 2.32. The molecule has 1 aromatic heterocycles. The molecule has 0 atom stereocenters. The Labute approximate surface area is 181 Å². The quantitative estimate of drug-likeness (QED) is 0.446. The lowest BCUT2D eigenvalue weighted by atomic mass is 10.2. The van der Waals surface area contributed by atoms with Crippen LogP contribution in [0.2, 0.25) is 0 Å². The van der Waals surface area contributed by atoms with Crippen LogP contribution in [0.1, 0.15) is 22.8 Å². The molecule has 9 heteroatoms. The maximum Gasteiger partial charge on any atom is 0.231 e. The molecule has 4 rings (SSSR count). The molecule has 31 heavy (non-hydrogen) atoms. The molecule has 0 bridgehead atoms. The van der Waals surface area contributed by atoms with E-state index in [4.69, 9.17) is 19.2 Å². The predicted octanol–water partition coefficient (Wildman–Crippen LogP) is 2.30. The van der Waals surface area contributed by atoms with Gasteiger partial charge in [-0.25, -0.2) is 4.99 Å². The van der Waals surface area contributed by atoms with E-state index in [0.29, 0.717) is 25.6 Å². The summed E-state index contributed by atoms with van der Waals surface area (Å²) in [6.45, 7) is 3.80. The number of methoxy groups -OCH3 is 1. The summed E-state index contributed by atoms with van der Waals surface area (Å²) in [5, 5.41) is 15.0. The summed E-state index contributed by atoms with van der Waals surface area (Å²) < 4.78 is 18.0. The molecule has 0 fully saturated rings. The van der Waals surface area contributed by atoms with E-state index in [1.54, 1.807) is 7.11 Å². The van der Waals surface area contributed by atoms with Crippen LogP contribution in [-0.2, 0) is 26.7 Å². The molecule has 2 N–H and O–H groups in total. The second kappa shape index (κ2) is 9.38. The number of benzene rings is 2. The lowest BCUT2D eigenvalue weighted by molar-refractivity contribution is 0.174. The van der Waals surface area contributed by atoms with Crippen molar-refractivity contribution in [2.24, 2.45) is 12.0 Å². The van der Waals surface area contributed by atoms with Crippen LogP contribution in [0.15, 0.2) is 47.5 Å². The fourth-order valence-electron chi connectivity index (χ4n) is 3.08. The van der Waals surface area contributed by atoms with Gasteiger partial charge in [-0.15, -0.1) is 10.2 Å². The molecule has 0 saturated heterocycles. The first-order valence-electron chi connectivity index (χ1n) is 10.0. The normalized spacial score (nSPS) is 12.7. The Morgan fingerprint density at radius 3 is 2.52 bits per heavy atom. The molecule has 2 heterocycles. The number of hydrogen-bond donors (Lipinski definition) is 2. The minimum Gasteiger partial charge on any atom is -0.497 e. The number of ether oxygens (including phenoxy) is 3. The molecule has 2 aromatic carbocycles. The monoisotopic (exact) mass is 422 g/mol. The largest absolute Gasteiger partial charge is 0.497 e. The third-order valence-corrected chi connectivity index (χ3v) is 5.07. The smallest absolute Gasteiger partial charge is 0.231 e. The van der Waals surface area contributed by atoms with E-state index >= 15 is 0 Å². The van der Waals surface area contributed by atoms with Crippen molar-refractivity contribution >= 4 is 5.96 Å². The molecular formula is C22H26N6O3. The van der Waals surface area contributed by atoms with E-state index in [9.17, 15) is 0 Å². The Morgan fingerprint density at radius 1 is 1.03 bits per heavy atom. The lowest BCUT2D eigenvalue weighted by Crippen LogP contribution is -2.37.